The Bertz CT molecular complexity index is 734. The zero-order chi connectivity index (χ0) is 22.1. The summed E-state index contributed by atoms with van der Waals surface area (Å²) in [5.74, 6) is -1.89. The summed E-state index contributed by atoms with van der Waals surface area (Å²) in [6.45, 7) is 8.62. The number of ether oxygens (including phenoxy) is 1. The molecule has 3 N–H and O–H groups in total. The summed E-state index contributed by atoms with van der Waals surface area (Å²) in [6, 6.07) is 4.44. The molecule has 0 bridgehead atoms. The molecule has 0 unspecified atom stereocenters. The largest absolute Gasteiger partial charge is 0.451 e. The molecule has 1 aromatic carbocycles. The van der Waals surface area contributed by atoms with Crippen LogP contribution >= 0.6 is 11.6 Å². The first-order chi connectivity index (χ1) is 13.5. The highest BCUT2D eigenvalue weighted by molar-refractivity contribution is 6.30. The lowest BCUT2D eigenvalue weighted by molar-refractivity contribution is -0.156. The maximum absolute atomic E-state index is 12.5. The highest BCUT2D eigenvalue weighted by Crippen LogP contribution is 2.12. The fourth-order valence-corrected chi connectivity index (χ4v) is 2.48. The fraction of sp³-hybridized carbons (Fsp3) is 0.500. The van der Waals surface area contributed by atoms with Crippen LogP contribution in [0.15, 0.2) is 24.3 Å². The molecule has 8 nitrogen and oxygen atoms in total. The van der Waals surface area contributed by atoms with Crippen molar-refractivity contribution in [3.63, 3.8) is 0 Å². The van der Waals surface area contributed by atoms with Gasteiger partial charge in [-0.2, -0.15) is 0 Å². The van der Waals surface area contributed by atoms with Crippen LogP contribution < -0.4 is 16.0 Å². The molecule has 4 amide bonds. The van der Waals surface area contributed by atoms with Crippen LogP contribution in [0.2, 0.25) is 5.02 Å². The van der Waals surface area contributed by atoms with Gasteiger partial charge >= 0.3 is 12.0 Å². The van der Waals surface area contributed by atoms with Crippen LogP contribution in [0.3, 0.4) is 0 Å². The minimum atomic E-state index is -1.21. The van der Waals surface area contributed by atoms with Crippen LogP contribution in [0.5, 0.6) is 0 Å². The van der Waals surface area contributed by atoms with E-state index in [-0.39, 0.29) is 12.0 Å². The van der Waals surface area contributed by atoms with Gasteiger partial charge in [-0.05, 0) is 57.4 Å². The van der Waals surface area contributed by atoms with Gasteiger partial charge in [0, 0.05) is 16.6 Å². The Morgan fingerprint density at radius 1 is 0.966 bits per heavy atom. The first kappa shape index (κ1) is 24.4. The number of urea groups is 1. The van der Waals surface area contributed by atoms with E-state index in [0.29, 0.717) is 17.0 Å². The van der Waals surface area contributed by atoms with E-state index in [1.54, 1.807) is 38.1 Å². The van der Waals surface area contributed by atoms with Gasteiger partial charge in [-0.3, -0.25) is 14.9 Å². The van der Waals surface area contributed by atoms with Crippen molar-refractivity contribution >= 4 is 35.4 Å². The van der Waals surface area contributed by atoms with Gasteiger partial charge in [0.15, 0.2) is 6.10 Å². The summed E-state index contributed by atoms with van der Waals surface area (Å²) in [4.78, 5) is 48.6. The predicted octanol–water partition coefficient (Wildman–Crippen LogP) is 2.65. The van der Waals surface area contributed by atoms with Crippen molar-refractivity contribution in [1.29, 1.82) is 0 Å². The van der Waals surface area contributed by atoms with E-state index in [2.05, 4.69) is 16.0 Å². The van der Waals surface area contributed by atoms with E-state index in [9.17, 15) is 19.2 Å². The lowest BCUT2D eigenvalue weighted by Gasteiger charge is -2.21. The Morgan fingerprint density at radius 3 is 2.07 bits per heavy atom. The van der Waals surface area contributed by atoms with Crippen molar-refractivity contribution in [1.82, 2.24) is 16.0 Å². The summed E-state index contributed by atoms with van der Waals surface area (Å²) in [5.41, 5.74) is 0.340. The molecule has 0 spiro atoms. The normalized spacial score (nSPS) is 12.8. The smallest absolute Gasteiger partial charge is 0.329 e. The van der Waals surface area contributed by atoms with E-state index in [1.807, 2.05) is 13.8 Å². The van der Waals surface area contributed by atoms with Crippen LogP contribution in [-0.4, -0.2) is 42.0 Å². The minimum Gasteiger partial charge on any atom is -0.451 e. The van der Waals surface area contributed by atoms with Gasteiger partial charge in [-0.15, -0.1) is 0 Å². The number of esters is 1. The van der Waals surface area contributed by atoms with E-state index in [1.165, 1.54) is 6.92 Å². The van der Waals surface area contributed by atoms with E-state index in [0.717, 1.165) is 0 Å². The first-order valence-corrected chi connectivity index (χ1v) is 9.75. The quantitative estimate of drug-likeness (QED) is 0.554. The minimum absolute atomic E-state index is 0.0824. The van der Waals surface area contributed by atoms with Crippen molar-refractivity contribution in [3.05, 3.63) is 34.9 Å². The SMILES string of the molecule is CC(C)C[C@H](NC(=O)c1ccc(Cl)cc1)C(=O)O[C@@H](C)C(=O)NC(=O)NC(C)C. The molecule has 9 heteroatoms. The number of hydrogen-bond donors (Lipinski definition) is 3. The second kappa shape index (κ2) is 11.4. The Morgan fingerprint density at radius 2 is 1.55 bits per heavy atom. The number of benzene rings is 1. The molecule has 0 saturated heterocycles. The van der Waals surface area contributed by atoms with Gasteiger partial charge in [0.2, 0.25) is 0 Å². The van der Waals surface area contributed by atoms with Crippen LogP contribution in [0, 0.1) is 5.92 Å². The van der Waals surface area contributed by atoms with Crippen molar-refractivity contribution < 1.29 is 23.9 Å². The molecular weight excluding hydrogens is 398 g/mol. The van der Waals surface area contributed by atoms with Crippen LogP contribution in [0.1, 0.15) is 51.4 Å². The Hall–Kier alpha value is -2.61. The van der Waals surface area contributed by atoms with Gasteiger partial charge in [0.1, 0.15) is 6.04 Å². The number of nitrogens with one attached hydrogen (secondary N) is 3. The highest BCUT2D eigenvalue weighted by atomic mass is 35.5. The molecule has 0 heterocycles. The average molecular weight is 426 g/mol. The summed E-state index contributed by atoms with van der Waals surface area (Å²) in [5, 5.41) is 7.72. The molecular formula is C20H28ClN3O5. The standard InChI is InChI=1S/C20H28ClN3O5/c1-11(2)10-16(23-18(26)14-6-8-15(21)9-7-14)19(27)29-13(5)17(25)24-20(28)22-12(3)4/h6-9,11-13,16H,10H2,1-5H3,(H,23,26)(H2,22,24,25,28)/t13-,16-/m0/s1. The molecule has 0 aromatic heterocycles. The number of imide groups is 1. The third kappa shape index (κ3) is 8.95. The van der Waals surface area contributed by atoms with Crippen molar-refractivity contribution in [2.75, 3.05) is 0 Å². The average Bonchev–Trinajstić information content (AvgIpc) is 2.60. The molecule has 0 aliphatic heterocycles. The zero-order valence-electron chi connectivity index (χ0n) is 17.2. The van der Waals surface area contributed by atoms with Gasteiger partial charge in [0.05, 0.1) is 0 Å². The molecule has 0 radical (unpaired) electrons. The lowest BCUT2D eigenvalue weighted by Crippen LogP contribution is -2.49. The maximum Gasteiger partial charge on any atom is 0.329 e. The summed E-state index contributed by atoms with van der Waals surface area (Å²) in [6.07, 6.45) is -0.886. The number of carbonyl (C=O) groups excluding carboxylic acids is 4. The van der Waals surface area contributed by atoms with Gasteiger partial charge in [0.25, 0.3) is 11.8 Å². The molecule has 0 fully saturated rings. The molecule has 0 saturated carbocycles. The van der Waals surface area contributed by atoms with Crippen LogP contribution in [0.4, 0.5) is 4.79 Å². The van der Waals surface area contributed by atoms with Gasteiger partial charge in [-0.1, -0.05) is 25.4 Å². The van der Waals surface area contributed by atoms with E-state index in [4.69, 9.17) is 16.3 Å². The molecule has 0 aliphatic rings. The summed E-state index contributed by atoms with van der Waals surface area (Å²) in [7, 11) is 0. The zero-order valence-corrected chi connectivity index (χ0v) is 18.0. The third-order valence-corrected chi connectivity index (χ3v) is 3.97. The van der Waals surface area contributed by atoms with Crippen molar-refractivity contribution in [3.8, 4) is 0 Å². The van der Waals surface area contributed by atoms with Crippen molar-refractivity contribution in [2.24, 2.45) is 5.92 Å². The van der Waals surface area contributed by atoms with E-state index >= 15 is 0 Å². The fourth-order valence-electron chi connectivity index (χ4n) is 2.35. The predicted molar refractivity (Wildman–Crippen MR) is 110 cm³/mol. The van der Waals surface area contributed by atoms with Gasteiger partial charge < -0.3 is 15.4 Å². The first-order valence-electron chi connectivity index (χ1n) is 9.37. The number of carbonyl (C=O) groups is 4. The lowest BCUT2D eigenvalue weighted by atomic mass is 10.0. The summed E-state index contributed by atoms with van der Waals surface area (Å²) >= 11 is 5.82. The van der Waals surface area contributed by atoms with Crippen LogP contribution in [0.25, 0.3) is 0 Å². The summed E-state index contributed by atoms with van der Waals surface area (Å²) < 4.78 is 5.17. The Labute approximate surface area is 175 Å². The monoisotopic (exact) mass is 425 g/mol. The van der Waals surface area contributed by atoms with Gasteiger partial charge in [-0.25, -0.2) is 9.59 Å². The van der Waals surface area contributed by atoms with Crippen LogP contribution in [-0.2, 0) is 14.3 Å². The number of hydrogen-bond acceptors (Lipinski definition) is 5. The topological polar surface area (TPSA) is 114 Å². The second-order valence-electron chi connectivity index (χ2n) is 7.36. The molecule has 1 aromatic rings. The molecule has 1 rings (SSSR count). The molecule has 0 aliphatic carbocycles. The Balaban J connectivity index is 2.75. The van der Waals surface area contributed by atoms with E-state index < -0.39 is 36.0 Å². The molecule has 160 valence electrons. The number of halogens is 1. The van der Waals surface area contributed by atoms with Crippen molar-refractivity contribution in [2.45, 2.75) is 59.2 Å². The number of amides is 4. The molecule has 2 atom stereocenters. The third-order valence-electron chi connectivity index (χ3n) is 3.72. The molecule has 29 heavy (non-hydrogen) atoms. The Kier molecular flexibility index (Phi) is 9.61. The second-order valence-corrected chi connectivity index (χ2v) is 7.80. The highest BCUT2D eigenvalue weighted by Gasteiger charge is 2.28. The maximum atomic E-state index is 12.5. The number of rotatable bonds is 8.